The fourth-order valence-corrected chi connectivity index (χ4v) is 3.10. The van der Waals surface area contributed by atoms with Gasteiger partial charge in [0.1, 0.15) is 4.60 Å². The smallest absolute Gasteiger partial charge is 0.106 e. The molecule has 0 atom stereocenters. The molecule has 0 N–H and O–H groups in total. The Balaban J connectivity index is 1.92. The monoisotopic (exact) mass is 386 g/mol. The van der Waals surface area contributed by atoms with Crippen molar-refractivity contribution in [2.24, 2.45) is 0 Å². The van der Waals surface area contributed by atoms with Crippen molar-refractivity contribution in [3.05, 3.63) is 95.6 Å². The quantitative estimate of drug-likeness (QED) is 0.389. The van der Waals surface area contributed by atoms with E-state index in [1.807, 2.05) is 54.6 Å². The van der Waals surface area contributed by atoms with E-state index < -0.39 is 0 Å². The number of rotatable bonds is 3. The molecule has 2 heterocycles. The first-order chi connectivity index (χ1) is 12.3. The molecule has 4 rings (SSSR count). The molecule has 0 aliphatic carbocycles. The Labute approximate surface area is 155 Å². The summed E-state index contributed by atoms with van der Waals surface area (Å²) < 4.78 is 0.823. The minimum Gasteiger partial charge on any atom is -0.248 e. The van der Waals surface area contributed by atoms with Crippen LogP contribution in [0.3, 0.4) is 0 Å². The SMILES string of the molecule is Brc1cccc(-c2cc(-c3ccccc3)nc(-c3ccccc3)c2)n1. The van der Waals surface area contributed by atoms with Gasteiger partial charge in [-0.2, -0.15) is 0 Å². The Hall–Kier alpha value is -2.78. The van der Waals surface area contributed by atoms with Crippen molar-refractivity contribution in [2.75, 3.05) is 0 Å². The van der Waals surface area contributed by atoms with E-state index in [0.29, 0.717) is 0 Å². The van der Waals surface area contributed by atoms with Crippen molar-refractivity contribution in [3.8, 4) is 33.8 Å². The van der Waals surface area contributed by atoms with Crippen LogP contribution in [0.5, 0.6) is 0 Å². The molecule has 0 fully saturated rings. The summed E-state index contributed by atoms with van der Waals surface area (Å²) in [6.07, 6.45) is 0. The van der Waals surface area contributed by atoms with Crippen LogP contribution in [0.1, 0.15) is 0 Å². The van der Waals surface area contributed by atoms with Crippen LogP contribution in [-0.2, 0) is 0 Å². The lowest BCUT2D eigenvalue weighted by Crippen LogP contribution is -1.92. The molecule has 0 amide bonds. The van der Waals surface area contributed by atoms with Gasteiger partial charge in [0.2, 0.25) is 0 Å². The Kier molecular flexibility index (Phi) is 4.40. The number of pyridine rings is 2. The second-order valence-corrected chi connectivity index (χ2v) is 6.52. The van der Waals surface area contributed by atoms with Gasteiger partial charge in [0, 0.05) is 16.7 Å². The van der Waals surface area contributed by atoms with Gasteiger partial charge >= 0.3 is 0 Å². The molecule has 2 nitrogen and oxygen atoms in total. The number of nitrogens with zero attached hydrogens (tertiary/aromatic N) is 2. The molecule has 0 spiro atoms. The van der Waals surface area contributed by atoms with Gasteiger partial charge in [-0.25, -0.2) is 9.97 Å². The summed E-state index contributed by atoms with van der Waals surface area (Å²) in [5.74, 6) is 0. The van der Waals surface area contributed by atoms with Gasteiger partial charge in [-0.05, 0) is 40.2 Å². The molecule has 2 aromatic heterocycles. The summed E-state index contributed by atoms with van der Waals surface area (Å²) in [5.41, 5.74) is 6.05. The molecule has 0 unspecified atom stereocenters. The number of aromatic nitrogens is 2. The zero-order valence-electron chi connectivity index (χ0n) is 13.4. The molecular weight excluding hydrogens is 372 g/mol. The van der Waals surface area contributed by atoms with Gasteiger partial charge in [-0.3, -0.25) is 0 Å². The first-order valence-corrected chi connectivity index (χ1v) is 8.85. The minimum absolute atomic E-state index is 0.823. The zero-order valence-corrected chi connectivity index (χ0v) is 15.0. The van der Waals surface area contributed by atoms with Crippen molar-refractivity contribution in [1.82, 2.24) is 9.97 Å². The molecule has 0 bridgehead atoms. The van der Waals surface area contributed by atoms with Crippen LogP contribution in [0, 0.1) is 0 Å². The Bertz CT molecular complexity index is 941. The van der Waals surface area contributed by atoms with Crippen LogP contribution in [0.2, 0.25) is 0 Å². The summed E-state index contributed by atoms with van der Waals surface area (Å²) in [6, 6.07) is 30.6. The third-order valence-corrected chi connectivity index (χ3v) is 4.42. The maximum Gasteiger partial charge on any atom is 0.106 e. The molecule has 3 heteroatoms. The largest absolute Gasteiger partial charge is 0.248 e. The molecule has 0 aliphatic rings. The van der Waals surface area contributed by atoms with Gasteiger partial charge in [-0.1, -0.05) is 66.7 Å². The average Bonchev–Trinajstić information content (AvgIpc) is 2.69. The van der Waals surface area contributed by atoms with E-state index in [1.165, 1.54) is 0 Å². The summed E-state index contributed by atoms with van der Waals surface area (Å²) in [5, 5.41) is 0. The summed E-state index contributed by atoms with van der Waals surface area (Å²) in [7, 11) is 0. The lowest BCUT2D eigenvalue weighted by molar-refractivity contribution is 1.26. The molecule has 4 aromatic rings. The number of hydrogen-bond acceptors (Lipinski definition) is 2. The van der Waals surface area contributed by atoms with Crippen LogP contribution >= 0.6 is 15.9 Å². The second kappa shape index (κ2) is 6.99. The molecule has 0 aliphatic heterocycles. The van der Waals surface area contributed by atoms with Crippen molar-refractivity contribution < 1.29 is 0 Å². The van der Waals surface area contributed by atoms with Gasteiger partial charge in [0.05, 0.1) is 17.1 Å². The van der Waals surface area contributed by atoms with Crippen LogP contribution in [0.25, 0.3) is 33.8 Å². The van der Waals surface area contributed by atoms with Gasteiger partial charge < -0.3 is 0 Å². The number of benzene rings is 2. The lowest BCUT2D eigenvalue weighted by atomic mass is 10.0. The minimum atomic E-state index is 0.823. The molecule has 0 saturated carbocycles. The molecule has 0 radical (unpaired) electrons. The lowest BCUT2D eigenvalue weighted by Gasteiger charge is -2.10. The van der Waals surface area contributed by atoms with Crippen molar-refractivity contribution in [1.29, 1.82) is 0 Å². The Morgan fingerprint density at radius 1 is 0.480 bits per heavy atom. The predicted molar refractivity (Wildman–Crippen MR) is 106 cm³/mol. The third kappa shape index (κ3) is 3.52. The van der Waals surface area contributed by atoms with Crippen molar-refractivity contribution in [2.45, 2.75) is 0 Å². The third-order valence-electron chi connectivity index (χ3n) is 3.98. The van der Waals surface area contributed by atoms with E-state index in [9.17, 15) is 0 Å². The van der Waals surface area contributed by atoms with Crippen LogP contribution in [-0.4, -0.2) is 9.97 Å². The zero-order chi connectivity index (χ0) is 17.1. The number of hydrogen-bond donors (Lipinski definition) is 0. The summed E-state index contributed by atoms with van der Waals surface area (Å²) in [6.45, 7) is 0. The van der Waals surface area contributed by atoms with Gasteiger partial charge in [-0.15, -0.1) is 0 Å². The van der Waals surface area contributed by atoms with Crippen LogP contribution < -0.4 is 0 Å². The van der Waals surface area contributed by atoms with Crippen molar-refractivity contribution in [3.63, 3.8) is 0 Å². The first kappa shape index (κ1) is 15.7. The van der Waals surface area contributed by atoms with E-state index in [1.54, 1.807) is 0 Å². The van der Waals surface area contributed by atoms with Crippen LogP contribution in [0.4, 0.5) is 0 Å². The number of halogens is 1. The maximum atomic E-state index is 4.88. The highest BCUT2D eigenvalue weighted by atomic mass is 79.9. The van der Waals surface area contributed by atoms with E-state index in [2.05, 4.69) is 57.3 Å². The van der Waals surface area contributed by atoms with E-state index >= 15 is 0 Å². The Morgan fingerprint density at radius 3 is 1.56 bits per heavy atom. The predicted octanol–water partition coefficient (Wildman–Crippen LogP) is 6.24. The van der Waals surface area contributed by atoms with Crippen molar-refractivity contribution >= 4 is 15.9 Å². The van der Waals surface area contributed by atoms with E-state index in [0.717, 1.165) is 38.4 Å². The highest BCUT2D eigenvalue weighted by Gasteiger charge is 2.09. The highest BCUT2D eigenvalue weighted by molar-refractivity contribution is 9.10. The first-order valence-electron chi connectivity index (χ1n) is 8.05. The summed E-state index contributed by atoms with van der Waals surface area (Å²) in [4.78, 5) is 9.48. The molecule has 2 aromatic carbocycles. The molecule has 0 saturated heterocycles. The standard InChI is InChI=1S/C22H15BrN2/c23-22-13-7-12-19(25-22)18-14-20(16-8-3-1-4-9-16)24-21(15-18)17-10-5-2-6-11-17/h1-15H. The molecule has 120 valence electrons. The van der Waals surface area contributed by atoms with Crippen LogP contribution in [0.15, 0.2) is 95.6 Å². The summed E-state index contributed by atoms with van der Waals surface area (Å²) >= 11 is 3.46. The normalized spacial score (nSPS) is 10.6. The average molecular weight is 387 g/mol. The maximum absolute atomic E-state index is 4.88. The Morgan fingerprint density at radius 2 is 1.04 bits per heavy atom. The van der Waals surface area contributed by atoms with E-state index in [4.69, 9.17) is 4.98 Å². The highest BCUT2D eigenvalue weighted by Crippen LogP contribution is 2.29. The fraction of sp³-hybridized carbons (Fsp3) is 0. The molecule has 25 heavy (non-hydrogen) atoms. The molecular formula is C22H15BrN2. The second-order valence-electron chi connectivity index (χ2n) is 5.70. The fourth-order valence-electron chi connectivity index (χ4n) is 2.76. The van der Waals surface area contributed by atoms with Gasteiger partial charge in [0.25, 0.3) is 0 Å². The van der Waals surface area contributed by atoms with Gasteiger partial charge in [0.15, 0.2) is 0 Å². The topological polar surface area (TPSA) is 25.8 Å². The van der Waals surface area contributed by atoms with E-state index in [-0.39, 0.29) is 0 Å².